The maximum absolute atomic E-state index is 11.3. The summed E-state index contributed by atoms with van der Waals surface area (Å²) >= 11 is 0. The van der Waals surface area contributed by atoms with E-state index in [0.29, 0.717) is 23.9 Å². The van der Waals surface area contributed by atoms with Crippen molar-refractivity contribution in [3.63, 3.8) is 0 Å². The van der Waals surface area contributed by atoms with Gasteiger partial charge in [0.05, 0.1) is 17.6 Å². The Morgan fingerprint density at radius 1 is 1.50 bits per heavy atom. The Balaban J connectivity index is 3.06. The number of nitro groups is 1. The molecule has 1 heterocycles. The lowest BCUT2D eigenvalue weighted by molar-refractivity contribution is -0.384. The first kappa shape index (κ1) is 16.4. The van der Waals surface area contributed by atoms with Crippen LogP contribution in [0.25, 0.3) is 0 Å². The van der Waals surface area contributed by atoms with E-state index in [9.17, 15) is 15.2 Å². The highest BCUT2D eigenvalue weighted by atomic mass is 16.6. The van der Waals surface area contributed by atoms with Crippen molar-refractivity contribution in [2.75, 3.05) is 11.9 Å². The molecule has 114 valence electrons. The minimum Gasteiger partial charge on any atom is -0.394 e. The molecule has 0 fully saturated rings. The zero-order valence-electron chi connectivity index (χ0n) is 12.6. The number of rotatable bonds is 8. The van der Waals surface area contributed by atoms with Gasteiger partial charge in [-0.25, -0.2) is 4.68 Å². The molecule has 0 aromatic carbocycles. The number of hydrogen-bond acceptors (Lipinski definition) is 5. The summed E-state index contributed by atoms with van der Waals surface area (Å²) < 4.78 is 1.49. The van der Waals surface area contributed by atoms with E-state index < -0.39 is 4.92 Å². The molecule has 20 heavy (non-hydrogen) atoms. The van der Waals surface area contributed by atoms with Crippen LogP contribution >= 0.6 is 0 Å². The normalized spacial score (nSPS) is 12.7. The Morgan fingerprint density at radius 2 is 2.15 bits per heavy atom. The third kappa shape index (κ3) is 3.93. The molecule has 2 N–H and O–H groups in total. The molecule has 1 atom stereocenters. The largest absolute Gasteiger partial charge is 0.394 e. The van der Waals surface area contributed by atoms with Crippen LogP contribution in [0, 0.1) is 16.0 Å². The Labute approximate surface area is 119 Å². The van der Waals surface area contributed by atoms with Gasteiger partial charge in [0.2, 0.25) is 5.82 Å². The van der Waals surface area contributed by atoms with Crippen molar-refractivity contribution >= 4 is 11.5 Å². The second-order valence-electron chi connectivity index (χ2n) is 5.43. The van der Waals surface area contributed by atoms with Crippen molar-refractivity contribution < 1.29 is 10.0 Å². The van der Waals surface area contributed by atoms with Gasteiger partial charge in [-0.2, -0.15) is 5.10 Å². The number of anilines is 1. The van der Waals surface area contributed by atoms with Crippen LogP contribution in [-0.4, -0.2) is 32.5 Å². The quantitative estimate of drug-likeness (QED) is 0.563. The molecule has 0 radical (unpaired) electrons. The lowest BCUT2D eigenvalue weighted by Gasteiger charge is -2.18. The molecule has 0 saturated carbocycles. The first-order chi connectivity index (χ1) is 9.40. The standard InChI is InChI=1S/C13H24N4O3/c1-5-6-11-12(17(19)20)13(16(4)15-11)14-10(8-18)7-9(2)3/h9-10,14,18H,5-8H2,1-4H3. The molecule has 0 saturated heterocycles. The lowest BCUT2D eigenvalue weighted by Crippen LogP contribution is -2.27. The number of hydrogen-bond donors (Lipinski definition) is 2. The number of aryl methyl sites for hydroxylation is 2. The van der Waals surface area contributed by atoms with Crippen molar-refractivity contribution in [2.45, 2.75) is 46.1 Å². The fourth-order valence-electron chi connectivity index (χ4n) is 2.27. The number of aromatic nitrogens is 2. The number of nitrogens with zero attached hydrogens (tertiary/aromatic N) is 3. The van der Waals surface area contributed by atoms with E-state index in [0.717, 1.165) is 12.8 Å². The smallest absolute Gasteiger partial charge is 0.334 e. The van der Waals surface area contributed by atoms with Crippen LogP contribution in [0.3, 0.4) is 0 Å². The van der Waals surface area contributed by atoms with Crippen molar-refractivity contribution in [1.82, 2.24) is 9.78 Å². The molecule has 1 unspecified atom stereocenters. The second kappa shape index (κ2) is 7.23. The molecular weight excluding hydrogens is 260 g/mol. The highest BCUT2D eigenvalue weighted by molar-refractivity contribution is 5.60. The van der Waals surface area contributed by atoms with Crippen LogP contribution in [0.4, 0.5) is 11.5 Å². The Morgan fingerprint density at radius 3 is 2.60 bits per heavy atom. The molecule has 0 bridgehead atoms. The molecule has 7 heteroatoms. The molecule has 0 amide bonds. The topological polar surface area (TPSA) is 93.2 Å². The van der Waals surface area contributed by atoms with Crippen LogP contribution in [0.5, 0.6) is 0 Å². The fraction of sp³-hybridized carbons (Fsp3) is 0.769. The summed E-state index contributed by atoms with van der Waals surface area (Å²) in [6.45, 7) is 5.99. The third-order valence-electron chi connectivity index (χ3n) is 3.08. The molecule has 7 nitrogen and oxygen atoms in total. The highest BCUT2D eigenvalue weighted by Gasteiger charge is 2.27. The van der Waals surface area contributed by atoms with Crippen molar-refractivity contribution in [1.29, 1.82) is 0 Å². The molecule has 0 aliphatic heterocycles. The molecule has 0 aliphatic rings. The molecule has 0 spiro atoms. The minimum atomic E-state index is -0.399. The average Bonchev–Trinajstić information content (AvgIpc) is 2.65. The first-order valence-corrected chi connectivity index (χ1v) is 6.98. The zero-order chi connectivity index (χ0) is 15.3. The Bertz CT molecular complexity index is 457. The minimum absolute atomic E-state index is 0.0246. The monoisotopic (exact) mass is 284 g/mol. The van der Waals surface area contributed by atoms with Gasteiger partial charge in [0.25, 0.3) is 0 Å². The van der Waals surface area contributed by atoms with E-state index in [-0.39, 0.29) is 18.3 Å². The first-order valence-electron chi connectivity index (χ1n) is 6.98. The van der Waals surface area contributed by atoms with E-state index in [2.05, 4.69) is 10.4 Å². The number of nitrogens with one attached hydrogen (secondary N) is 1. The molecule has 0 aliphatic carbocycles. The summed E-state index contributed by atoms with van der Waals surface area (Å²) in [6.07, 6.45) is 2.11. The zero-order valence-corrected chi connectivity index (χ0v) is 12.6. The van der Waals surface area contributed by atoms with Gasteiger partial charge >= 0.3 is 5.69 Å². The van der Waals surface area contributed by atoms with Gasteiger partial charge in [0.1, 0.15) is 5.69 Å². The summed E-state index contributed by atoms with van der Waals surface area (Å²) in [7, 11) is 1.68. The SMILES string of the molecule is CCCc1nn(C)c(NC(CO)CC(C)C)c1[N+](=O)[O-]. The average molecular weight is 284 g/mol. The maximum Gasteiger partial charge on any atom is 0.334 e. The summed E-state index contributed by atoms with van der Waals surface area (Å²) in [5.74, 6) is 0.764. The third-order valence-corrected chi connectivity index (χ3v) is 3.08. The molecule has 1 rings (SSSR count). The highest BCUT2D eigenvalue weighted by Crippen LogP contribution is 2.30. The number of aliphatic hydroxyl groups is 1. The van der Waals surface area contributed by atoms with Crippen molar-refractivity contribution in [3.05, 3.63) is 15.8 Å². The molecular formula is C13H24N4O3. The van der Waals surface area contributed by atoms with Gasteiger partial charge in [-0.15, -0.1) is 0 Å². The van der Waals surface area contributed by atoms with E-state index in [1.807, 2.05) is 20.8 Å². The van der Waals surface area contributed by atoms with Crippen LogP contribution in [-0.2, 0) is 13.5 Å². The van der Waals surface area contributed by atoms with Gasteiger partial charge in [0, 0.05) is 7.05 Å². The predicted molar refractivity (Wildman–Crippen MR) is 77.8 cm³/mol. The van der Waals surface area contributed by atoms with Crippen molar-refractivity contribution in [3.8, 4) is 0 Å². The lowest BCUT2D eigenvalue weighted by atomic mass is 10.0. The van der Waals surface area contributed by atoms with Gasteiger partial charge in [-0.1, -0.05) is 27.2 Å². The second-order valence-corrected chi connectivity index (χ2v) is 5.43. The summed E-state index contributed by atoms with van der Waals surface area (Å²) in [6, 6.07) is -0.210. The van der Waals surface area contributed by atoms with Gasteiger partial charge in [-0.3, -0.25) is 10.1 Å². The van der Waals surface area contributed by atoms with Gasteiger partial charge in [0.15, 0.2) is 0 Å². The van der Waals surface area contributed by atoms with Crippen LogP contribution in [0.1, 0.15) is 39.3 Å². The Kier molecular flexibility index (Phi) is 5.94. The summed E-state index contributed by atoms with van der Waals surface area (Å²) in [4.78, 5) is 10.9. The van der Waals surface area contributed by atoms with Gasteiger partial charge in [-0.05, 0) is 18.8 Å². The van der Waals surface area contributed by atoms with Gasteiger partial charge < -0.3 is 10.4 Å². The molecule has 1 aromatic rings. The Hall–Kier alpha value is -1.63. The molecule has 1 aromatic heterocycles. The van der Waals surface area contributed by atoms with Crippen molar-refractivity contribution in [2.24, 2.45) is 13.0 Å². The summed E-state index contributed by atoms with van der Waals surface area (Å²) in [5.41, 5.74) is 0.514. The van der Waals surface area contributed by atoms with E-state index in [1.54, 1.807) is 7.05 Å². The maximum atomic E-state index is 11.3. The van der Waals surface area contributed by atoms with Crippen LogP contribution in [0.2, 0.25) is 0 Å². The number of aliphatic hydroxyl groups excluding tert-OH is 1. The van der Waals surface area contributed by atoms with E-state index >= 15 is 0 Å². The van der Waals surface area contributed by atoms with Crippen LogP contribution < -0.4 is 5.32 Å². The van der Waals surface area contributed by atoms with E-state index in [1.165, 1.54) is 4.68 Å². The fourth-order valence-corrected chi connectivity index (χ4v) is 2.27. The summed E-state index contributed by atoms with van der Waals surface area (Å²) in [5, 5.41) is 28.0. The van der Waals surface area contributed by atoms with Crippen LogP contribution in [0.15, 0.2) is 0 Å². The van der Waals surface area contributed by atoms with E-state index in [4.69, 9.17) is 0 Å². The predicted octanol–water partition coefficient (Wildman–Crippen LogP) is 2.10.